The summed E-state index contributed by atoms with van der Waals surface area (Å²) in [6, 6.07) is 4.15. The van der Waals surface area contributed by atoms with Crippen molar-refractivity contribution < 1.29 is 29.6 Å². The van der Waals surface area contributed by atoms with Crippen LogP contribution >= 0.6 is 0 Å². The molecule has 7 heteroatoms. The molecule has 1 amide bonds. The van der Waals surface area contributed by atoms with Gasteiger partial charge in [-0.3, -0.25) is 4.79 Å². The number of amides is 1. The standard InChI is InChI=1S/C13H15NO6/c1-13(20-5-10(16)17)6-14(7-13)12(19)8-3-2-4-9(15)11(8)18/h2-4,15,18H,5-7H2,1H3,(H,16,17). The molecule has 1 heterocycles. The van der Waals surface area contributed by atoms with Crippen LogP contribution in [0.5, 0.6) is 11.5 Å². The van der Waals surface area contributed by atoms with Gasteiger partial charge in [-0.1, -0.05) is 6.07 Å². The van der Waals surface area contributed by atoms with E-state index in [1.165, 1.54) is 23.1 Å². The number of carbonyl (C=O) groups excluding carboxylic acids is 1. The van der Waals surface area contributed by atoms with E-state index < -0.39 is 29.8 Å². The number of hydrogen-bond donors (Lipinski definition) is 3. The topological polar surface area (TPSA) is 107 Å². The van der Waals surface area contributed by atoms with Crippen LogP contribution in [0.2, 0.25) is 0 Å². The van der Waals surface area contributed by atoms with Gasteiger partial charge in [0.1, 0.15) is 12.2 Å². The van der Waals surface area contributed by atoms with Gasteiger partial charge in [0.05, 0.1) is 18.7 Å². The fourth-order valence-electron chi connectivity index (χ4n) is 2.11. The molecular formula is C13H15NO6. The minimum Gasteiger partial charge on any atom is -0.504 e. The monoisotopic (exact) mass is 281 g/mol. The maximum atomic E-state index is 12.1. The quantitative estimate of drug-likeness (QED) is 0.690. The molecular weight excluding hydrogens is 266 g/mol. The predicted molar refractivity (Wildman–Crippen MR) is 67.7 cm³/mol. The predicted octanol–water partition coefficient (Wildman–Crippen LogP) is 0.413. The van der Waals surface area contributed by atoms with Crippen LogP contribution < -0.4 is 0 Å². The molecule has 0 aliphatic carbocycles. The number of carbonyl (C=O) groups is 2. The van der Waals surface area contributed by atoms with Gasteiger partial charge in [0, 0.05) is 0 Å². The molecule has 1 aliphatic rings. The number of ether oxygens (including phenoxy) is 1. The first-order chi connectivity index (χ1) is 9.32. The number of benzene rings is 1. The molecule has 20 heavy (non-hydrogen) atoms. The Morgan fingerprint density at radius 3 is 2.60 bits per heavy atom. The lowest BCUT2D eigenvalue weighted by molar-refractivity contribution is -0.159. The minimum absolute atomic E-state index is 0.00489. The molecule has 1 aliphatic heterocycles. The van der Waals surface area contributed by atoms with Crippen molar-refractivity contribution in [1.29, 1.82) is 0 Å². The van der Waals surface area contributed by atoms with Crippen molar-refractivity contribution in [3.05, 3.63) is 23.8 Å². The lowest BCUT2D eigenvalue weighted by Crippen LogP contribution is -2.63. The smallest absolute Gasteiger partial charge is 0.329 e. The van der Waals surface area contributed by atoms with Gasteiger partial charge in [-0.05, 0) is 19.1 Å². The van der Waals surface area contributed by atoms with Crippen molar-refractivity contribution in [2.24, 2.45) is 0 Å². The first-order valence-corrected chi connectivity index (χ1v) is 5.98. The number of aromatic hydroxyl groups is 2. The van der Waals surface area contributed by atoms with Gasteiger partial charge in [0.15, 0.2) is 11.5 Å². The maximum Gasteiger partial charge on any atom is 0.329 e. The lowest BCUT2D eigenvalue weighted by atomic mass is 9.95. The summed E-state index contributed by atoms with van der Waals surface area (Å²) in [6.07, 6.45) is 0. The van der Waals surface area contributed by atoms with Gasteiger partial charge in [-0.2, -0.15) is 0 Å². The highest BCUT2D eigenvalue weighted by atomic mass is 16.5. The van der Waals surface area contributed by atoms with Crippen LogP contribution in [0.1, 0.15) is 17.3 Å². The highest BCUT2D eigenvalue weighted by Crippen LogP contribution is 2.32. The SMILES string of the molecule is CC1(OCC(=O)O)CN(C(=O)c2cccc(O)c2O)C1. The van der Waals surface area contributed by atoms with Crippen LogP contribution in [-0.4, -0.2) is 57.4 Å². The first-order valence-electron chi connectivity index (χ1n) is 5.98. The normalized spacial score (nSPS) is 16.6. The molecule has 1 fully saturated rings. The second-order valence-electron chi connectivity index (χ2n) is 4.97. The fraction of sp³-hybridized carbons (Fsp3) is 0.385. The molecule has 1 saturated heterocycles. The summed E-state index contributed by atoms with van der Waals surface area (Å²) in [7, 11) is 0. The second-order valence-corrected chi connectivity index (χ2v) is 4.97. The zero-order valence-electron chi connectivity index (χ0n) is 10.9. The van der Waals surface area contributed by atoms with E-state index in [9.17, 15) is 19.8 Å². The number of aliphatic carboxylic acids is 1. The molecule has 0 spiro atoms. The van der Waals surface area contributed by atoms with Crippen LogP contribution in [-0.2, 0) is 9.53 Å². The average Bonchev–Trinajstić information content (AvgIpc) is 2.35. The Hall–Kier alpha value is -2.28. The Labute approximate surface area is 115 Å². The number of para-hydroxylation sites is 1. The molecule has 1 aromatic carbocycles. The van der Waals surface area contributed by atoms with Gasteiger partial charge in [-0.25, -0.2) is 4.79 Å². The van der Waals surface area contributed by atoms with Crippen LogP contribution in [0.15, 0.2) is 18.2 Å². The summed E-state index contributed by atoms with van der Waals surface area (Å²) in [5, 5.41) is 27.5. The highest BCUT2D eigenvalue weighted by molar-refractivity contribution is 5.98. The highest BCUT2D eigenvalue weighted by Gasteiger charge is 2.43. The van der Waals surface area contributed by atoms with E-state index in [0.717, 1.165) is 0 Å². The van der Waals surface area contributed by atoms with E-state index in [1.807, 2.05) is 0 Å². The number of phenolic OH excluding ortho intramolecular Hbond substituents is 2. The van der Waals surface area contributed by atoms with Crippen molar-refractivity contribution in [3.8, 4) is 11.5 Å². The largest absolute Gasteiger partial charge is 0.504 e. The van der Waals surface area contributed by atoms with Crippen LogP contribution in [0.3, 0.4) is 0 Å². The molecule has 3 N–H and O–H groups in total. The Morgan fingerprint density at radius 2 is 2.00 bits per heavy atom. The molecule has 1 aromatic rings. The third-order valence-corrected chi connectivity index (χ3v) is 3.13. The molecule has 0 saturated carbocycles. The molecule has 2 rings (SSSR count). The van der Waals surface area contributed by atoms with E-state index in [0.29, 0.717) is 0 Å². The number of nitrogens with zero attached hydrogens (tertiary/aromatic N) is 1. The molecule has 0 aromatic heterocycles. The number of rotatable bonds is 4. The number of carboxylic acids is 1. The summed E-state index contributed by atoms with van der Waals surface area (Å²) >= 11 is 0. The van der Waals surface area contributed by atoms with Gasteiger partial charge in [-0.15, -0.1) is 0 Å². The first kappa shape index (κ1) is 14.1. The average molecular weight is 281 g/mol. The Bertz CT molecular complexity index is 550. The zero-order chi connectivity index (χ0) is 14.9. The fourth-order valence-corrected chi connectivity index (χ4v) is 2.11. The van der Waals surface area contributed by atoms with E-state index in [1.54, 1.807) is 6.92 Å². The summed E-state index contributed by atoms with van der Waals surface area (Å²) in [4.78, 5) is 24.0. The number of carboxylic acid groups (broad SMARTS) is 1. The molecule has 108 valence electrons. The maximum absolute atomic E-state index is 12.1. The number of hydrogen-bond acceptors (Lipinski definition) is 5. The molecule has 0 unspecified atom stereocenters. The number of likely N-dealkylation sites (tertiary alicyclic amines) is 1. The van der Waals surface area contributed by atoms with Gasteiger partial charge in [0.2, 0.25) is 0 Å². The van der Waals surface area contributed by atoms with Crippen molar-refractivity contribution in [2.75, 3.05) is 19.7 Å². The second kappa shape index (κ2) is 5.01. The van der Waals surface area contributed by atoms with E-state index >= 15 is 0 Å². The Kier molecular flexibility index (Phi) is 3.54. The summed E-state index contributed by atoms with van der Waals surface area (Å²) < 4.78 is 5.19. The Balaban J connectivity index is 2.00. The third kappa shape index (κ3) is 2.67. The van der Waals surface area contributed by atoms with Crippen LogP contribution in [0.25, 0.3) is 0 Å². The van der Waals surface area contributed by atoms with Gasteiger partial charge in [0.25, 0.3) is 5.91 Å². The molecule has 0 atom stereocenters. The van der Waals surface area contributed by atoms with Crippen molar-refractivity contribution in [1.82, 2.24) is 4.90 Å². The van der Waals surface area contributed by atoms with Crippen molar-refractivity contribution in [3.63, 3.8) is 0 Å². The Morgan fingerprint density at radius 1 is 1.35 bits per heavy atom. The van der Waals surface area contributed by atoms with Gasteiger partial charge < -0.3 is 25.0 Å². The number of phenols is 2. The zero-order valence-corrected chi connectivity index (χ0v) is 10.9. The van der Waals surface area contributed by atoms with Gasteiger partial charge >= 0.3 is 5.97 Å². The third-order valence-electron chi connectivity index (χ3n) is 3.13. The van der Waals surface area contributed by atoms with Crippen molar-refractivity contribution in [2.45, 2.75) is 12.5 Å². The van der Waals surface area contributed by atoms with E-state index in [4.69, 9.17) is 9.84 Å². The molecule has 7 nitrogen and oxygen atoms in total. The summed E-state index contributed by atoms with van der Waals surface area (Å²) in [6.45, 7) is 1.75. The summed E-state index contributed by atoms with van der Waals surface area (Å²) in [5.41, 5.74) is -0.689. The lowest BCUT2D eigenvalue weighted by Gasteiger charge is -2.47. The van der Waals surface area contributed by atoms with Crippen LogP contribution in [0.4, 0.5) is 0 Å². The summed E-state index contributed by atoms with van der Waals surface area (Å²) in [5.74, 6) is -2.32. The van der Waals surface area contributed by atoms with Crippen molar-refractivity contribution >= 4 is 11.9 Å². The molecule has 0 radical (unpaired) electrons. The van der Waals surface area contributed by atoms with E-state index in [2.05, 4.69) is 0 Å². The molecule has 0 bridgehead atoms. The van der Waals surface area contributed by atoms with E-state index in [-0.39, 0.29) is 24.4 Å². The minimum atomic E-state index is -1.07. The van der Waals surface area contributed by atoms with Crippen LogP contribution in [0, 0.1) is 0 Å².